The molecule has 0 amide bonds. The largest absolute Gasteiger partial charge is 0.481 e. The summed E-state index contributed by atoms with van der Waals surface area (Å²) in [5, 5.41) is 17.0. The number of carbonyl (C=O) groups excluding carboxylic acids is 1. The van der Waals surface area contributed by atoms with E-state index in [1.165, 1.54) is 0 Å². The van der Waals surface area contributed by atoms with Gasteiger partial charge in [-0.3, -0.25) is 14.4 Å². The van der Waals surface area contributed by atoms with Crippen LogP contribution >= 0.6 is 0 Å². The lowest BCUT2D eigenvalue weighted by atomic mass is 9.98. The second kappa shape index (κ2) is 10.1. The van der Waals surface area contributed by atoms with E-state index >= 15 is 0 Å². The molecule has 1 atom stereocenters. The minimum absolute atomic E-state index is 0.326. The van der Waals surface area contributed by atoms with E-state index in [0.717, 1.165) is 16.7 Å². The molecule has 0 saturated heterocycles. The quantitative estimate of drug-likeness (QED) is 0.540. The van der Waals surface area contributed by atoms with Crippen molar-refractivity contribution in [3.8, 4) is 0 Å². The van der Waals surface area contributed by atoms with Crippen molar-refractivity contribution in [2.45, 2.75) is 32.7 Å². The summed E-state index contributed by atoms with van der Waals surface area (Å²) in [6.07, 6.45) is -0.0537. The first kappa shape index (κ1) is 21.1. The number of aliphatic carboxylic acids is 2. The molecule has 2 aromatic rings. The summed E-state index contributed by atoms with van der Waals surface area (Å²) in [4.78, 5) is 32.3. The molecule has 6 nitrogen and oxygen atoms in total. The van der Waals surface area contributed by atoms with Gasteiger partial charge in [0.05, 0.1) is 0 Å². The molecule has 138 valence electrons. The number of hydrogen-bond donors (Lipinski definition) is 3. The van der Waals surface area contributed by atoms with Gasteiger partial charge in [-0.1, -0.05) is 48.5 Å². The second-order valence-electron chi connectivity index (χ2n) is 5.89. The predicted molar refractivity (Wildman–Crippen MR) is 98.3 cm³/mol. The minimum atomic E-state index is -1.09. The fraction of sp³-hybridized carbons (Fsp3) is 0.250. The third-order valence-electron chi connectivity index (χ3n) is 3.69. The lowest BCUT2D eigenvalue weighted by Crippen LogP contribution is -2.32. The van der Waals surface area contributed by atoms with Crippen LogP contribution in [0.5, 0.6) is 0 Å². The van der Waals surface area contributed by atoms with E-state index in [2.05, 4.69) is 0 Å². The van der Waals surface area contributed by atoms with E-state index in [0.29, 0.717) is 12.0 Å². The van der Waals surface area contributed by atoms with Crippen LogP contribution in [0.3, 0.4) is 0 Å². The van der Waals surface area contributed by atoms with Crippen LogP contribution in [0.25, 0.3) is 0 Å². The van der Waals surface area contributed by atoms with E-state index < -0.39 is 24.4 Å². The second-order valence-corrected chi connectivity index (χ2v) is 5.89. The standard InChI is InChI=1S/C11H12O3.C9H11NO2/c1-7-4-3-5-8(2)11(7)9(12)6-10(13)14;10-8(9(11)12)6-7-4-2-1-3-5-7/h3-5H,6H2,1-2H3,(H,13,14);1-5,8H,6,10H2,(H,11,12). The molecule has 0 aliphatic carbocycles. The Labute approximate surface area is 152 Å². The van der Waals surface area contributed by atoms with Gasteiger partial charge in [0, 0.05) is 5.56 Å². The molecule has 0 saturated carbocycles. The first-order valence-corrected chi connectivity index (χ1v) is 8.06. The fourth-order valence-corrected chi connectivity index (χ4v) is 2.44. The Hall–Kier alpha value is -2.99. The smallest absolute Gasteiger partial charge is 0.320 e. The molecule has 0 heterocycles. The Balaban J connectivity index is 0.000000263. The number of carboxylic acids is 2. The molecule has 26 heavy (non-hydrogen) atoms. The van der Waals surface area contributed by atoms with Crippen LogP contribution < -0.4 is 5.73 Å². The van der Waals surface area contributed by atoms with Gasteiger partial charge in [-0.25, -0.2) is 0 Å². The zero-order valence-electron chi connectivity index (χ0n) is 14.8. The normalized spacial score (nSPS) is 11.0. The predicted octanol–water partition coefficient (Wildman–Crippen LogP) is 2.60. The van der Waals surface area contributed by atoms with E-state index in [9.17, 15) is 14.4 Å². The molecule has 0 aliphatic rings. The zero-order chi connectivity index (χ0) is 19.7. The van der Waals surface area contributed by atoms with Gasteiger partial charge in [0.1, 0.15) is 12.5 Å². The van der Waals surface area contributed by atoms with Crippen molar-refractivity contribution in [2.24, 2.45) is 5.73 Å². The Morgan fingerprint density at radius 3 is 1.92 bits per heavy atom. The van der Waals surface area contributed by atoms with E-state index in [1.54, 1.807) is 0 Å². The molecular weight excluding hydrogens is 334 g/mol. The molecule has 2 rings (SSSR count). The highest BCUT2D eigenvalue weighted by molar-refractivity contribution is 6.07. The van der Waals surface area contributed by atoms with E-state index in [4.69, 9.17) is 15.9 Å². The van der Waals surface area contributed by atoms with Gasteiger partial charge < -0.3 is 15.9 Å². The Morgan fingerprint density at radius 1 is 0.923 bits per heavy atom. The summed E-state index contributed by atoms with van der Waals surface area (Å²) < 4.78 is 0. The minimum Gasteiger partial charge on any atom is -0.481 e. The van der Waals surface area contributed by atoms with Crippen LogP contribution in [-0.2, 0) is 16.0 Å². The Morgan fingerprint density at radius 2 is 1.46 bits per heavy atom. The number of hydrogen-bond acceptors (Lipinski definition) is 4. The first-order valence-electron chi connectivity index (χ1n) is 8.06. The number of ketones is 1. The zero-order valence-corrected chi connectivity index (χ0v) is 14.8. The van der Waals surface area contributed by atoms with E-state index in [-0.39, 0.29) is 5.78 Å². The third kappa shape index (κ3) is 6.86. The molecular formula is C20H23NO5. The Bertz CT molecular complexity index is 751. The molecule has 0 fully saturated rings. The van der Waals surface area contributed by atoms with Crippen LogP contribution in [0.1, 0.15) is 33.5 Å². The first-order chi connectivity index (χ1) is 12.2. The Kier molecular flexibility index (Phi) is 8.18. The summed E-state index contributed by atoms with van der Waals surface area (Å²) in [7, 11) is 0. The highest BCUT2D eigenvalue weighted by Gasteiger charge is 2.14. The lowest BCUT2D eigenvalue weighted by molar-refractivity contribution is -0.138. The van der Waals surface area contributed by atoms with Gasteiger partial charge >= 0.3 is 11.9 Å². The maximum atomic E-state index is 11.5. The average Bonchev–Trinajstić information content (AvgIpc) is 2.55. The maximum absolute atomic E-state index is 11.5. The van der Waals surface area contributed by atoms with E-state index in [1.807, 2.05) is 62.4 Å². The number of carboxylic acid groups (broad SMARTS) is 2. The number of carbonyl (C=O) groups is 3. The van der Waals surface area contributed by atoms with Crippen LogP contribution in [0, 0.1) is 13.8 Å². The molecule has 4 N–H and O–H groups in total. The van der Waals surface area contributed by atoms with Crippen LogP contribution in [0.4, 0.5) is 0 Å². The van der Waals surface area contributed by atoms with Crippen LogP contribution in [0.2, 0.25) is 0 Å². The summed E-state index contributed by atoms with van der Waals surface area (Å²) in [5.41, 5.74) is 8.50. The molecule has 1 unspecified atom stereocenters. The van der Waals surface area contributed by atoms with Crippen LogP contribution in [-0.4, -0.2) is 34.0 Å². The highest BCUT2D eigenvalue weighted by Crippen LogP contribution is 2.15. The summed E-state index contributed by atoms with van der Waals surface area (Å²) in [5.74, 6) is -2.37. The molecule has 0 spiro atoms. The molecule has 0 bridgehead atoms. The number of nitrogens with two attached hydrogens (primary N) is 1. The van der Waals surface area contributed by atoms with Crippen molar-refractivity contribution >= 4 is 17.7 Å². The molecule has 0 aromatic heterocycles. The monoisotopic (exact) mass is 357 g/mol. The molecule has 6 heteroatoms. The lowest BCUT2D eigenvalue weighted by Gasteiger charge is -2.06. The number of rotatable bonds is 6. The maximum Gasteiger partial charge on any atom is 0.320 e. The molecule has 0 aliphatic heterocycles. The van der Waals surface area contributed by atoms with Crippen molar-refractivity contribution in [2.75, 3.05) is 0 Å². The third-order valence-corrected chi connectivity index (χ3v) is 3.69. The topological polar surface area (TPSA) is 118 Å². The van der Waals surface area contributed by atoms with Crippen molar-refractivity contribution < 1.29 is 24.6 Å². The summed E-state index contributed by atoms with van der Waals surface area (Å²) in [6, 6.07) is 14.0. The van der Waals surface area contributed by atoms with Crippen molar-refractivity contribution in [3.05, 3.63) is 70.8 Å². The average molecular weight is 357 g/mol. The highest BCUT2D eigenvalue weighted by atomic mass is 16.4. The van der Waals surface area contributed by atoms with Crippen LogP contribution in [0.15, 0.2) is 48.5 Å². The molecule has 2 aromatic carbocycles. The van der Waals surface area contributed by atoms with Crippen molar-refractivity contribution in [1.82, 2.24) is 0 Å². The summed E-state index contributed by atoms with van der Waals surface area (Å²) in [6.45, 7) is 3.62. The van der Waals surface area contributed by atoms with Gasteiger partial charge in [0.15, 0.2) is 5.78 Å². The SMILES string of the molecule is Cc1cccc(C)c1C(=O)CC(=O)O.NC(Cc1ccccc1)C(=O)O. The van der Waals surface area contributed by atoms with Gasteiger partial charge in [-0.05, 0) is 37.0 Å². The fourth-order valence-electron chi connectivity index (χ4n) is 2.44. The van der Waals surface area contributed by atoms with Gasteiger partial charge in [-0.2, -0.15) is 0 Å². The van der Waals surface area contributed by atoms with Gasteiger partial charge in [0.2, 0.25) is 0 Å². The number of benzene rings is 2. The number of aryl methyl sites for hydroxylation is 2. The summed E-state index contributed by atoms with van der Waals surface area (Å²) >= 11 is 0. The van der Waals surface area contributed by atoms with Crippen molar-refractivity contribution in [1.29, 1.82) is 0 Å². The van der Waals surface area contributed by atoms with Gasteiger partial charge in [0.25, 0.3) is 0 Å². The van der Waals surface area contributed by atoms with Gasteiger partial charge in [-0.15, -0.1) is 0 Å². The molecule has 0 radical (unpaired) electrons. The van der Waals surface area contributed by atoms with Crippen molar-refractivity contribution in [3.63, 3.8) is 0 Å². The number of Topliss-reactive ketones (excluding diaryl/α,β-unsaturated/α-hetero) is 1.